The van der Waals surface area contributed by atoms with Crippen LogP contribution in [0.25, 0.3) is 0 Å². The molecule has 0 aromatic heterocycles. The molecule has 3 heterocycles. The Morgan fingerprint density at radius 1 is 0.619 bits per heavy atom. The molecule has 3 saturated heterocycles. The van der Waals surface area contributed by atoms with Crippen LogP contribution >= 0.6 is 0 Å². The third-order valence-electron chi connectivity index (χ3n) is 9.89. The minimum Gasteiger partial charge on any atom is -0.392 e. The summed E-state index contributed by atoms with van der Waals surface area (Å²) >= 11 is 0. The van der Waals surface area contributed by atoms with Crippen LogP contribution in [0.2, 0.25) is 0 Å². The highest BCUT2D eigenvalue weighted by molar-refractivity contribution is 5.07. The molecule has 4 fully saturated rings. The zero-order valence-electron chi connectivity index (χ0n) is 29.4. The molecule has 4 unspecified atom stereocenters. The smallest absolute Gasteiger partial charge is 0.0804 e. The van der Waals surface area contributed by atoms with Crippen molar-refractivity contribution in [2.75, 3.05) is 19.6 Å². The molecule has 0 aromatic rings. The Bertz CT molecular complexity index is 694. The topological polar surface area (TPSA) is 70.4 Å². The number of aliphatic hydroxyl groups is 3. The fourth-order valence-electron chi connectivity index (χ4n) is 7.52. The van der Waals surface area contributed by atoms with E-state index in [1.807, 2.05) is 20.8 Å². The molecule has 0 bridgehead atoms. The van der Waals surface area contributed by atoms with Crippen molar-refractivity contribution in [3.05, 3.63) is 0 Å². The van der Waals surface area contributed by atoms with Crippen molar-refractivity contribution in [3.63, 3.8) is 0 Å². The highest BCUT2D eigenvalue weighted by Gasteiger charge is 2.52. The Hall–Kier alpha value is -0.240. The van der Waals surface area contributed by atoms with E-state index in [4.69, 9.17) is 0 Å². The van der Waals surface area contributed by atoms with Gasteiger partial charge in [-0.15, -0.1) is 0 Å². The molecule has 4 atom stereocenters. The van der Waals surface area contributed by atoms with Crippen LogP contribution in [0.4, 0.5) is 0 Å². The molecule has 1 saturated carbocycles. The first kappa shape index (κ1) is 39.8. The Morgan fingerprint density at radius 3 is 1.38 bits per heavy atom. The van der Waals surface area contributed by atoms with E-state index in [9.17, 15) is 15.3 Å². The predicted molar refractivity (Wildman–Crippen MR) is 181 cm³/mol. The molecule has 0 aromatic carbocycles. The van der Waals surface area contributed by atoms with Crippen molar-refractivity contribution in [3.8, 4) is 0 Å². The van der Waals surface area contributed by atoms with Crippen molar-refractivity contribution in [1.29, 1.82) is 0 Å². The number of aliphatic hydroxyl groups excluding tert-OH is 1. The zero-order chi connectivity index (χ0) is 31.4. The van der Waals surface area contributed by atoms with Crippen LogP contribution in [-0.4, -0.2) is 102 Å². The van der Waals surface area contributed by atoms with E-state index >= 15 is 0 Å². The summed E-state index contributed by atoms with van der Waals surface area (Å²) in [6, 6.07) is 1.11. The zero-order valence-corrected chi connectivity index (χ0v) is 29.4. The first-order valence-electron chi connectivity index (χ1n) is 17.0. The molecule has 6 heteroatoms. The van der Waals surface area contributed by atoms with Gasteiger partial charge >= 0.3 is 0 Å². The van der Waals surface area contributed by atoms with Gasteiger partial charge in [0.25, 0.3) is 0 Å². The minimum atomic E-state index is -0.576. The lowest BCUT2D eigenvalue weighted by Crippen LogP contribution is -2.58. The maximum atomic E-state index is 10.2. The van der Waals surface area contributed by atoms with Crippen LogP contribution in [0.1, 0.15) is 161 Å². The van der Waals surface area contributed by atoms with E-state index in [-0.39, 0.29) is 35.7 Å². The number of hydrogen-bond donors (Lipinski definition) is 3. The van der Waals surface area contributed by atoms with E-state index < -0.39 is 5.60 Å². The fraction of sp³-hybridized carbons (Fsp3) is 1.00. The number of nitrogens with zero attached hydrogens (tertiary/aromatic N) is 3. The van der Waals surface area contributed by atoms with Gasteiger partial charge in [-0.25, -0.2) is 0 Å². The Morgan fingerprint density at radius 2 is 1.02 bits per heavy atom. The third-order valence-corrected chi connectivity index (χ3v) is 9.89. The standard InChI is InChI=1S/C12H23NO.C12H25NO.C11H23NO.CH4/c1-11(2,3)13-9-5-4-6-10(13)12(14)7-8-12;1-11(2,3)13-9-7-6-8-10(13)12(4,5)14;1-9(13)10-7-5-6-8-12(10)11(2,3)4;/h10,14H,4-9H2,1-3H3;10,14H,6-9H2,1-5H3;9-10,13H,5-8H2,1-4H3;1H4. The molecule has 6 nitrogen and oxygen atoms in total. The second-order valence-corrected chi connectivity index (χ2v) is 17.2. The molecule has 0 spiro atoms. The molecule has 252 valence electrons. The lowest BCUT2D eigenvalue weighted by Gasteiger charge is -2.49. The van der Waals surface area contributed by atoms with Crippen molar-refractivity contribution >= 4 is 0 Å². The summed E-state index contributed by atoms with van der Waals surface area (Å²) in [5.74, 6) is 0. The molecule has 0 amide bonds. The van der Waals surface area contributed by atoms with Crippen LogP contribution in [0.15, 0.2) is 0 Å². The summed E-state index contributed by atoms with van der Waals surface area (Å²) in [6.07, 6.45) is 13.0. The van der Waals surface area contributed by atoms with Gasteiger partial charge in [-0.3, -0.25) is 14.7 Å². The van der Waals surface area contributed by atoms with Crippen molar-refractivity contribution in [2.45, 2.75) is 213 Å². The quantitative estimate of drug-likeness (QED) is 0.319. The maximum absolute atomic E-state index is 10.2. The lowest BCUT2D eigenvalue weighted by atomic mass is 9.85. The maximum Gasteiger partial charge on any atom is 0.0804 e. The van der Waals surface area contributed by atoms with Crippen LogP contribution in [-0.2, 0) is 0 Å². The van der Waals surface area contributed by atoms with Gasteiger partial charge in [0.2, 0.25) is 0 Å². The van der Waals surface area contributed by atoms with Crippen LogP contribution < -0.4 is 0 Å². The predicted octanol–water partition coefficient (Wildman–Crippen LogP) is 7.23. The first-order chi connectivity index (χ1) is 18.6. The van der Waals surface area contributed by atoms with E-state index in [1.165, 1.54) is 44.9 Å². The molecule has 4 rings (SSSR count). The van der Waals surface area contributed by atoms with Crippen LogP contribution in [0.3, 0.4) is 0 Å². The number of rotatable bonds is 3. The normalized spacial score (nSPS) is 28.8. The summed E-state index contributed by atoms with van der Waals surface area (Å²) in [5, 5.41) is 30.0. The van der Waals surface area contributed by atoms with Gasteiger partial charge in [-0.1, -0.05) is 26.7 Å². The van der Waals surface area contributed by atoms with E-state index in [0.29, 0.717) is 18.1 Å². The Kier molecular flexibility index (Phi) is 14.6. The molecule has 3 N–H and O–H groups in total. The number of piperidine rings is 3. The number of likely N-dealkylation sites (tertiary alicyclic amines) is 3. The van der Waals surface area contributed by atoms with Gasteiger partial charge in [0, 0.05) is 34.7 Å². The highest BCUT2D eigenvalue weighted by atomic mass is 16.3. The molecule has 4 aliphatic rings. The lowest BCUT2D eigenvalue weighted by molar-refractivity contribution is -0.0702. The second kappa shape index (κ2) is 15.4. The monoisotopic (exact) mass is 598 g/mol. The Balaban J connectivity index is 0.000000312. The molecular weight excluding hydrogens is 522 g/mol. The molecular formula is C36H75N3O3. The van der Waals surface area contributed by atoms with Crippen LogP contribution in [0, 0.1) is 0 Å². The van der Waals surface area contributed by atoms with E-state index in [0.717, 1.165) is 45.3 Å². The van der Waals surface area contributed by atoms with Crippen molar-refractivity contribution in [2.24, 2.45) is 0 Å². The summed E-state index contributed by atoms with van der Waals surface area (Å²) in [5.41, 5.74) is -0.321. The van der Waals surface area contributed by atoms with Crippen LogP contribution in [0.5, 0.6) is 0 Å². The average molecular weight is 598 g/mol. The molecule has 1 aliphatic carbocycles. The largest absolute Gasteiger partial charge is 0.392 e. The van der Waals surface area contributed by atoms with Crippen molar-refractivity contribution in [1.82, 2.24) is 14.7 Å². The van der Waals surface area contributed by atoms with Gasteiger partial charge in [0.15, 0.2) is 0 Å². The molecule has 42 heavy (non-hydrogen) atoms. The molecule has 0 radical (unpaired) electrons. The minimum absolute atomic E-state index is 0. The van der Waals surface area contributed by atoms with Gasteiger partial charge in [0.1, 0.15) is 0 Å². The van der Waals surface area contributed by atoms with Gasteiger partial charge in [-0.05, 0) is 154 Å². The van der Waals surface area contributed by atoms with Gasteiger partial charge in [-0.2, -0.15) is 0 Å². The summed E-state index contributed by atoms with van der Waals surface area (Å²) in [6.45, 7) is 29.4. The average Bonchev–Trinajstić information content (AvgIpc) is 3.61. The van der Waals surface area contributed by atoms with Gasteiger partial charge < -0.3 is 15.3 Å². The van der Waals surface area contributed by atoms with E-state index in [1.54, 1.807) is 0 Å². The summed E-state index contributed by atoms with van der Waals surface area (Å²) in [4.78, 5) is 7.42. The SMILES string of the molecule is C.CC(C)(C)N1CCCCC1C1(O)CC1.CC(C)(O)C1CCCCN1C(C)(C)C.CC(O)C1CCCCN1C(C)(C)C. The van der Waals surface area contributed by atoms with E-state index in [2.05, 4.69) is 77.0 Å². The van der Waals surface area contributed by atoms with Crippen molar-refractivity contribution < 1.29 is 15.3 Å². The second-order valence-electron chi connectivity index (χ2n) is 17.2. The summed E-state index contributed by atoms with van der Waals surface area (Å²) in [7, 11) is 0. The number of hydrogen-bond acceptors (Lipinski definition) is 6. The highest BCUT2D eigenvalue weighted by Crippen LogP contribution is 2.45. The Labute approximate surface area is 262 Å². The third kappa shape index (κ3) is 11.6. The first-order valence-corrected chi connectivity index (χ1v) is 17.0. The molecule has 3 aliphatic heterocycles. The fourth-order valence-corrected chi connectivity index (χ4v) is 7.52. The van der Waals surface area contributed by atoms with Gasteiger partial charge in [0.05, 0.1) is 17.3 Å². The summed E-state index contributed by atoms with van der Waals surface area (Å²) < 4.78 is 0.